The molecule has 0 aliphatic rings. The van der Waals surface area contributed by atoms with E-state index in [2.05, 4.69) is 42.5 Å². The molecule has 0 saturated heterocycles. The van der Waals surface area contributed by atoms with E-state index in [0.29, 0.717) is 11.1 Å². The maximum Gasteiger partial charge on any atom is 0.242 e. The fourth-order valence-electron chi connectivity index (χ4n) is 6.74. The Kier molecular flexibility index (Phi) is 21.6. The Morgan fingerprint density at radius 1 is 0.420 bits per heavy atom. The van der Waals surface area contributed by atoms with Crippen molar-refractivity contribution in [1.29, 1.82) is 0 Å². The van der Waals surface area contributed by atoms with E-state index < -0.39 is 96.6 Å². The molecule has 368 valence electrons. The van der Waals surface area contributed by atoms with Crippen LogP contribution >= 0.6 is 0 Å². The summed E-state index contributed by atoms with van der Waals surface area (Å²) in [5, 5.41) is 39.7. The normalized spacial score (nSPS) is 13.4. The summed E-state index contributed by atoms with van der Waals surface area (Å²) in [6, 6.07) is 24.2. The van der Waals surface area contributed by atoms with Crippen molar-refractivity contribution in [2.45, 2.75) is 82.2 Å². The Labute approximate surface area is 400 Å². The number of amides is 8. The Morgan fingerprint density at radius 2 is 0.754 bits per heavy atom. The van der Waals surface area contributed by atoms with Crippen LogP contribution in [-0.4, -0.2) is 120 Å². The molecule has 0 spiro atoms. The van der Waals surface area contributed by atoms with Crippen molar-refractivity contribution in [2.24, 2.45) is 11.5 Å². The molecule has 20 heteroatoms. The van der Waals surface area contributed by atoms with Gasteiger partial charge in [0.1, 0.15) is 35.7 Å². The van der Waals surface area contributed by atoms with Crippen LogP contribution in [-0.2, 0) is 64.0 Å². The Balaban J connectivity index is 1.22. The van der Waals surface area contributed by atoms with Gasteiger partial charge in [0.2, 0.25) is 47.3 Å². The average Bonchev–Trinajstić information content (AvgIpc) is 3.33. The van der Waals surface area contributed by atoms with Crippen LogP contribution in [0.2, 0.25) is 0 Å². The average molecular weight is 951 g/mol. The molecule has 0 aliphatic heterocycles. The van der Waals surface area contributed by atoms with Crippen LogP contribution < -0.4 is 54.0 Å². The minimum absolute atomic E-state index is 0.0697. The van der Waals surface area contributed by atoms with Gasteiger partial charge in [0.05, 0.1) is 25.2 Å². The largest absolute Gasteiger partial charge is 0.508 e. The number of hydrogen-bond acceptors (Lipinski definition) is 12. The Morgan fingerprint density at radius 3 is 1.10 bits per heavy atom. The molecule has 0 saturated carbocycles. The van der Waals surface area contributed by atoms with Gasteiger partial charge in [-0.1, -0.05) is 84.9 Å². The van der Waals surface area contributed by atoms with Crippen molar-refractivity contribution in [1.82, 2.24) is 42.5 Å². The van der Waals surface area contributed by atoms with E-state index in [1.54, 1.807) is 84.9 Å². The van der Waals surface area contributed by atoms with Crippen molar-refractivity contribution in [3.05, 3.63) is 131 Å². The van der Waals surface area contributed by atoms with Gasteiger partial charge in [-0.05, 0) is 79.6 Å². The molecule has 0 bridgehead atoms. The number of carbonyl (C=O) groups is 8. The summed E-state index contributed by atoms with van der Waals surface area (Å²) < 4.78 is 0. The number of aromatic hydroxyl groups is 2. The molecule has 20 nitrogen and oxygen atoms in total. The third-order valence-corrected chi connectivity index (χ3v) is 10.6. The van der Waals surface area contributed by atoms with Crippen LogP contribution in [0.3, 0.4) is 0 Å². The number of phenols is 2. The quantitative estimate of drug-likeness (QED) is 0.0333. The summed E-state index contributed by atoms with van der Waals surface area (Å²) in [5.41, 5.74) is 15.0. The summed E-state index contributed by atoms with van der Waals surface area (Å²) in [4.78, 5) is 104. The summed E-state index contributed by atoms with van der Waals surface area (Å²) in [6.45, 7) is 2.08. The van der Waals surface area contributed by atoms with E-state index in [9.17, 15) is 48.6 Å². The SMILES string of the molecule is C[C@@H](NC(=O)[C@@H](N)Cc1ccc(O)cc1)C(=O)NCC(=O)N[C@@H](Cc1ccccc1)C(=O)NCCCNC(=O)[C@H](Cc1ccccc1)NC(=O)CNC(=O)[C@@H](C)NC(=O)[C@@H](N)Cc1ccc(O)cc1. The Hall–Kier alpha value is -7.84. The smallest absolute Gasteiger partial charge is 0.242 e. The van der Waals surface area contributed by atoms with E-state index in [4.69, 9.17) is 11.5 Å². The lowest BCUT2D eigenvalue weighted by molar-refractivity contribution is -0.131. The summed E-state index contributed by atoms with van der Waals surface area (Å²) in [5.74, 6) is -4.71. The molecule has 4 rings (SSSR count). The minimum Gasteiger partial charge on any atom is -0.508 e. The van der Waals surface area contributed by atoms with Gasteiger partial charge in [-0.15, -0.1) is 0 Å². The second kappa shape index (κ2) is 27.7. The number of nitrogens with one attached hydrogen (secondary N) is 8. The second-order valence-corrected chi connectivity index (χ2v) is 16.4. The van der Waals surface area contributed by atoms with E-state index in [1.165, 1.54) is 38.1 Å². The van der Waals surface area contributed by atoms with Gasteiger partial charge in [-0.3, -0.25) is 38.4 Å². The highest BCUT2D eigenvalue weighted by Crippen LogP contribution is 2.12. The number of benzene rings is 4. The molecule has 0 fully saturated rings. The van der Waals surface area contributed by atoms with Gasteiger partial charge in [0, 0.05) is 25.9 Å². The summed E-state index contributed by atoms with van der Waals surface area (Å²) in [6.07, 6.45) is 0.844. The molecular formula is C49H62N10O10. The molecule has 0 heterocycles. The maximum atomic E-state index is 13.4. The fraction of sp³-hybridized carbons (Fsp3) is 0.347. The molecular weight excluding hydrogens is 889 g/mol. The molecule has 14 N–H and O–H groups in total. The van der Waals surface area contributed by atoms with Crippen LogP contribution in [0.5, 0.6) is 11.5 Å². The molecule has 69 heavy (non-hydrogen) atoms. The van der Waals surface area contributed by atoms with Gasteiger partial charge in [-0.2, -0.15) is 0 Å². The molecule has 0 radical (unpaired) electrons. The van der Waals surface area contributed by atoms with E-state index in [1.807, 2.05) is 0 Å². The van der Waals surface area contributed by atoms with Crippen molar-refractivity contribution in [2.75, 3.05) is 26.2 Å². The highest BCUT2D eigenvalue weighted by Gasteiger charge is 2.26. The lowest BCUT2D eigenvalue weighted by Gasteiger charge is -2.21. The third-order valence-electron chi connectivity index (χ3n) is 10.6. The van der Waals surface area contributed by atoms with Crippen molar-refractivity contribution >= 4 is 47.3 Å². The lowest BCUT2D eigenvalue weighted by Crippen LogP contribution is -2.54. The van der Waals surface area contributed by atoms with Gasteiger partial charge in [0.15, 0.2) is 0 Å². The highest BCUT2D eigenvalue weighted by atomic mass is 16.3. The number of nitrogens with two attached hydrogens (primary N) is 2. The van der Waals surface area contributed by atoms with Crippen LogP contribution in [0, 0.1) is 0 Å². The molecule has 4 aromatic rings. The van der Waals surface area contributed by atoms with Gasteiger partial charge < -0.3 is 64.2 Å². The molecule has 6 atom stereocenters. The van der Waals surface area contributed by atoms with Crippen molar-refractivity contribution < 1.29 is 48.6 Å². The minimum atomic E-state index is -1.04. The van der Waals surface area contributed by atoms with Crippen LogP contribution in [0.25, 0.3) is 0 Å². The zero-order valence-electron chi connectivity index (χ0n) is 38.5. The zero-order valence-corrected chi connectivity index (χ0v) is 38.5. The van der Waals surface area contributed by atoms with Gasteiger partial charge >= 0.3 is 0 Å². The molecule has 0 aliphatic carbocycles. The van der Waals surface area contributed by atoms with Gasteiger partial charge in [-0.25, -0.2) is 0 Å². The predicted molar refractivity (Wildman–Crippen MR) is 256 cm³/mol. The number of carbonyl (C=O) groups excluding carboxylic acids is 8. The zero-order chi connectivity index (χ0) is 50.3. The van der Waals surface area contributed by atoms with E-state index in [0.717, 1.165) is 11.1 Å². The standard InChI is InChI=1S/C49H62N10O10/c1-30(56-46(66)38(50)24-34-14-18-36(60)19-15-34)44(64)54-28-42(62)58-40(26-32-10-5-3-6-11-32)48(68)52-22-9-23-53-49(69)41(27-33-12-7-4-8-13-33)59-43(63)29-55-45(65)31(2)57-47(67)39(51)25-35-16-20-37(61)21-17-35/h3-8,10-21,30-31,38-41,60-61H,9,22-29,50-51H2,1-2H3,(H,52,68)(H,53,69)(H,54,64)(H,55,65)(H,56,66)(H,57,67)(H,58,62)(H,59,63)/t30-,31-,38+,39+,40+,41+/m1/s1. The Bertz CT molecular complexity index is 2170. The molecule has 0 unspecified atom stereocenters. The molecule has 8 amide bonds. The van der Waals surface area contributed by atoms with E-state index in [-0.39, 0.29) is 56.7 Å². The monoisotopic (exact) mass is 950 g/mol. The first kappa shape index (κ1) is 53.8. The van der Waals surface area contributed by atoms with Gasteiger partial charge in [0.25, 0.3) is 0 Å². The second-order valence-electron chi connectivity index (χ2n) is 16.4. The van der Waals surface area contributed by atoms with Crippen LogP contribution in [0.4, 0.5) is 0 Å². The van der Waals surface area contributed by atoms with Crippen molar-refractivity contribution in [3.8, 4) is 11.5 Å². The topological polar surface area (TPSA) is 325 Å². The lowest BCUT2D eigenvalue weighted by atomic mass is 10.0. The third kappa shape index (κ3) is 19.5. The fourth-order valence-corrected chi connectivity index (χ4v) is 6.74. The summed E-state index contributed by atoms with van der Waals surface area (Å²) in [7, 11) is 0. The predicted octanol–water partition coefficient (Wildman–Crippen LogP) is -1.14. The van der Waals surface area contributed by atoms with Crippen LogP contribution in [0.15, 0.2) is 109 Å². The number of phenolic OH excluding ortho intramolecular Hbond substituents is 2. The number of hydrogen-bond donors (Lipinski definition) is 12. The first-order chi connectivity index (χ1) is 33.0. The number of rotatable bonds is 26. The first-order valence-electron chi connectivity index (χ1n) is 22.4. The van der Waals surface area contributed by atoms with Crippen molar-refractivity contribution in [3.63, 3.8) is 0 Å². The van der Waals surface area contributed by atoms with E-state index >= 15 is 0 Å². The first-order valence-corrected chi connectivity index (χ1v) is 22.4. The maximum absolute atomic E-state index is 13.4. The summed E-state index contributed by atoms with van der Waals surface area (Å²) >= 11 is 0. The highest BCUT2D eigenvalue weighted by molar-refractivity contribution is 5.94. The molecule has 4 aromatic carbocycles. The molecule has 0 aromatic heterocycles. The van der Waals surface area contributed by atoms with Crippen LogP contribution in [0.1, 0.15) is 42.5 Å².